The average Bonchev–Trinajstić information content (AvgIpc) is 2.71. The van der Waals surface area contributed by atoms with Crippen molar-refractivity contribution >= 4 is 14.8 Å². The molecule has 13 heteroatoms. The largest absolute Gasteiger partial charge is 0.512 e. The number of hydrogen-bond acceptors (Lipinski definition) is 10. The Kier molecular flexibility index (Phi) is 14.0. The third-order valence-electron chi connectivity index (χ3n) is 4.31. The maximum absolute atomic E-state index is 11.1. The molecule has 12 nitrogen and oxygen atoms in total. The molecule has 32 heavy (non-hydrogen) atoms. The van der Waals surface area contributed by atoms with Crippen LogP contribution in [0.5, 0.6) is 0 Å². The number of nitrogens with two attached hydrogens (primary N) is 1. The van der Waals surface area contributed by atoms with Crippen molar-refractivity contribution in [2.24, 2.45) is 5.73 Å². The van der Waals surface area contributed by atoms with Crippen molar-refractivity contribution in [3.63, 3.8) is 0 Å². The van der Waals surface area contributed by atoms with Crippen molar-refractivity contribution in [2.45, 2.75) is 71.9 Å². The highest BCUT2D eigenvalue weighted by molar-refractivity contribution is 6.61. The number of carbonyl (C=O) groups excluding carboxylic acids is 1. The van der Waals surface area contributed by atoms with E-state index in [9.17, 15) is 4.79 Å². The van der Waals surface area contributed by atoms with E-state index in [1.54, 1.807) is 41.5 Å². The van der Waals surface area contributed by atoms with Crippen molar-refractivity contribution in [3.05, 3.63) is 0 Å². The fraction of sp³-hybridized carbons (Fsp3) is 0.947. The summed E-state index contributed by atoms with van der Waals surface area (Å²) in [6.45, 7) is 11.3. The monoisotopic (exact) mass is 486 g/mol. The predicted octanol–water partition coefficient (Wildman–Crippen LogP) is 2.10. The van der Waals surface area contributed by atoms with Crippen LogP contribution in [0.15, 0.2) is 0 Å². The molecule has 0 aromatic carbocycles. The van der Waals surface area contributed by atoms with Crippen LogP contribution in [0, 0.1) is 0 Å². The highest BCUT2D eigenvalue weighted by atomic mass is 28.4. The first kappa shape index (κ1) is 31.1. The molecule has 3 N–H and O–H groups in total. The predicted molar refractivity (Wildman–Crippen MR) is 117 cm³/mol. The molecule has 0 saturated carbocycles. The van der Waals surface area contributed by atoms with E-state index in [4.69, 9.17) is 47.4 Å². The molecule has 0 aliphatic carbocycles. The van der Waals surface area contributed by atoms with E-state index in [0.29, 0.717) is 6.42 Å². The third kappa shape index (κ3) is 10.8. The van der Waals surface area contributed by atoms with Gasteiger partial charge >= 0.3 is 14.8 Å². The van der Waals surface area contributed by atoms with E-state index in [1.165, 1.54) is 21.3 Å². The van der Waals surface area contributed by atoms with Crippen LogP contribution in [0.25, 0.3) is 0 Å². The van der Waals surface area contributed by atoms with E-state index in [2.05, 4.69) is 5.32 Å². The molecular formula is C19H42N2O10Si. The van der Waals surface area contributed by atoms with Crippen LogP contribution in [0.3, 0.4) is 0 Å². The minimum absolute atomic E-state index is 0.178. The Labute approximate surface area is 192 Å². The van der Waals surface area contributed by atoms with Crippen molar-refractivity contribution < 1.29 is 46.5 Å². The highest BCUT2D eigenvalue weighted by Crippen LogP contribution is 2.35. The van der Waals surface area contributed by atoms with Crippen molar-refractivity contribution in [3.8, 4) is 0 Å². The Morgan fingerprint density at radius 3 is 1.38 bits per heavy atom. The molecule has 0 heterocycles. The van der Waals surface area contributed by atoms with Crippen LogP contribution in [-0.2, 0) is 41.7 Å². The summed E-state index contributed by atoms with van der Waals surface area (Å²) < 4.78 is 52.3. The van der Waals surface area contributed by atoms with Gasteiger partial charge in [0.05, 0.1) is 0 Å². The fourth-order valence-corrected chi connectivity index (χ4v) is 5.92. The normalized spacial score (nSPS) is 19.4. The van der Waals surface area contributed by atoms with Crippen LogP contribution < -0.4 is 11.1 Å². The first-order valence-electron chi connectivity index (χ1n) is 10.6. The van der Waals surface area contributed by atoms with Gasteiger partial charge in [-0.2, -0.15) is 0 Å². The molecule has 0 rings (SSSR count). The molecule has 0 aromatic rings. The lowest BCUT2D eigenvalue weighted by Crippen LogP contribution is -2.62. The second-order valence-corrected chi connectivity index (χ2v) is 9.36. The van der Waals surface area contributed by atoms with Crippen LogP contribution >= 0.6 is 0 Å². The van der Waals surface area contributed by atoms with Gasteiger partial charge in [0.25, 0.3) is 17.9 Å². The number of nitrogens with one attached hydrogen (secondary N) is 1. The Hall–Kier alpha value is -0.873. The molecule has 0 fully saturated rings. The Morgan fingerprint density at radius 1 is 0.781 bits per heavy atom. The number of hydrogen-bond donors (Lipinski definition) is 2. The zero-order chi connectivity index (χ0) is 24.9. The number of methoxy groups -OCH3 is 3. The molecule has 0 aromatic heterocycles. The molecular weight excluding hydrogens is 444 g/mol. The van der Waals surface area contributed by atoms with Crippen LogP contribution in [0.1, 0.15) is 48.0 Å². The van der Waals surface area contributed by atoms with Gasteiger partial charge in [-0.05, 0) is 27.2 Å². The summed E-state index contributed by atoms with van der Waals surface area (Å²) in [4.78, 5) is 11.1. The third-order valence-corrected chi connectivity index (χ3v) is 7.32. The van der Waals surface area contributed by atoms with Gasteiger partial charge < -0.3 is 52.7 Å². The maximum Gasteiger partial charge on any atom is 0.512 e. The maximum atomic E-state index is 11.1. The van der Waals surface area contributed by atoms with E-state index in [-0.39, 0.29) is 32.4 Å². The molecule has 0 saturated heterocycles. The first-order valence-corrected chi connectivity index (χ1v) is 12.5. The Morgan fingerprint density at radius 2 is 1.12 bits per heavy atom. The van der Waals surface area contributed by atoms with Gasteiger partial charge in [-0.1, -0.05) is 0 Å². The van der Waals surface area contributed by atoms with Crippen LogP contribution in [0.2, 0.25) is 6.04 Å². The van der Waals surface area contributed by atoms with E-state index < -0.39 is 32.8 Å². The Bertz CT molecular complexity index is 491. The number of urea groups is 1. The molecule has 192 valence electrons. The van der Waals surface area contributed by atoms with Crippen molar-refractivity contribution in [2.75, 3.05) is 47.7 Å². The summed E-state index contributed by atoms with van der Waals surface area (Å²) in [5.41, 5.74) is 5.18. The number of carbonyl (C=O) groups is 1. The molecule has 0 aliphatic heterocycles. The summed E-state index contributed by atoms with van der Waals surface area (Å²) in [5, 5.41) is 2.53. The molecule has 3 atom stereocenters. The minimum Gasteiger partial charge on any atom is -0.352 e. The molecule has 2 amide bonds. The van der Waals surface area contributed by atoms with Gasteiger partial charge in [-0.15, -0.1) is 0 Å². The fourth-order valence-electron chi connectivity index (χ4n) is 2.76. The smallest absolute Gasteiger partial charge is 0.352 e. The van der Waals surface area contributed by atoms with Crippen molar-refractivity contribution in [1.29, 1.82) is 0 Å². The minimum atomic E-state index is -3.89. The lowest BCUT2D eigenvalue weighted by Gasteiger charge is -2.44. The summed E-state index contributed by atoms with van der Waals surface area (Å²) in [6.07, 6.45) is 0.374. The number of primary amides is 1. The molecule has 3 unspecified atom stereocenters. The second-order valence-electron chi connectivity index (χ2n) is 6.88. The molecule has 0 bridgehead atoms. The second kappa shape index (κ2) is 14.4. The van der Waals surface area contributed by atoms with Crippen LogP contribution in [0.4, 0.5) is 4.79 Å². The van der Waals surface area contributed by atoms with E-state index in [1.807, 2.05) is 0 Å². The number of amides is 2. The first-order chi connectivity index (χ1) is 14.9. The van der Waals surface area contributed by atoms with Crippen molar-refractivity contribution in [1.82, 2.24) is 5.32 Å². The lowest BCUT2D eigenvalue weighted by molar-refractivity contribution is -0.395. The zero-order valence-corrected chi connectivity index (χ0v) is 21.9. The van der Waals surface area contributed by atoms with E-state index >= 15 is 0 Å². The zero-order valence-electron chi connectivity index (χ0n) is 20.9. The van der Waals surface area contributed by atoms with Gasteiger partial charge in [0, 0.05) is 74.5 Å². The summed E-state index contributed by atoms with van der Waals surface area (Å²) in [5.74, 6) is -4.58. The number of ether oxygens (including phenoxy) is 6. The SMILES string of the molecule is CCOC(C)(OC)O[Si](CCCNC(N)=O)(OC(C)(OC)OCC)OC(C)(OC)OCC. The molecule has 0 radical (unpaired) electrons. The van der Waals surface area contributed by atoms with Gasteiger partial charge in [0.15, 0.2) is 0 Å². The Balaban J connectivity index is 6.32. The van der Waals surface area contributed by atoms with Crippen LogP contribution in [-0.4, -0.2) is 80.4 Å². The van der Waals surface area contributed by atoms with Gasteiger partial charge in [-0.3, -0.25) is 0 Å². The van der Waals surface area contributed by atoms with Gasteiger partial charge in [0.2, 0.25) is 0 Å². The highest BCUT2D eigenvalue weighted by Gasteiger charge is 2.56. The average molecular weight is 487 g/mol. The van der Waals surface area contributed by atoms with Gasteiger partial charge in [0.1, 0.15) is 0 Å². The quantitative estimate of drug-likeness (QED) is 0.158. The molecule has 0 spiro atoms. The topological polar surface area (TPSA) is 138 Å². The number of rotatable bonds is 19. The molecule has 0 aliphatic rings. The lowest BCUT2D eigenvalue weighted by atomic mass is 10.5. The standard InChI is InChI=1S/C19H42N2O10Si/c1-10-26-17(4,23-7)29-32(15-13-14-21-16(20)22,30-18(5,24-8)27-11-2)31-19(6,25-9)28-12-3/h10-15H2,1-9H3,(H3,20,21,22). The van der Waals surface area contributed by atoms with Gasteiger partial charge in [-0.25, -0.2) is 4.79 Å². The summed E-state index contributed by atoms with van der Waals surface area (Å²) >= 11 is 0. The van der Waals surface area contributed by atoms with E-state index in [0.717, 1.165) is 0 Å². The summed E-state index contributed by atoms with van der Waals surface area (Å²) in [7, 11) is 0.400. The summed E-state index contributed by atoms with van der Waals surface area (Å²) in [6, 6.07) is -0.472.